The molecule has 0 fully saturated rings. The van der Waals surface area contributed by atoms with Crippen molar-refractivity contribution >= 4 is 11.8 Å². The average molecular weight is 180 g/mol. The molecule has 0 atom stereocenters. The molecule has 0 aromatic carbocycles. The third kappa shape index (κ3) is 3.77. The lowest BCUT2D eigenvalue weighted by Crippen LogP contribution is -1.80. The highest BCUT2D eigenvalue weighted by molar-refractivity contribution is 7.99. The molecule has 0 aliphatic heterocycles. The van der Waals surface area contributed by atoms with Gasteiger partial charge in [0.2, 0.25) is 0 Å². The molecule has 65 valence electrons. The molecule has 0 spiro atoms. The molecule has 1 heterocycles. The molecule has 1 radical (unpaired) electrons. The predicted octanol–water partition coefficient (Wildman–Crippen LogP) is 3.16. The first-order chi connectivity index (χ1) is 5.93. The van der Waals surface area contributed by atoms with Crippen molar-refractivity contribution in [1.29, 1.82) is 0 Å². The number of aromatic nitrogens is 1. The minimum atomic E-state index is 1.16. The zero-order chi connectivity index (χ0) is 8.65. The summed E-state index contributed by atoms with van der Waals surface area (Å²) in [6.07, 6.45) is 8.63. The summed E-state index contributed by atoms with van der Waals surface area (Å²) in [5, 5.41) is 0. The van der Waals surface area contributed by atoms with Crippen LogP contribution in [0.25, 0.3) is 0 Å². The summed E-state index contributed by atoms with van der Waals surface area (Å²) in [6.45, 7) is 2.22. The fourth-order valence-corrected chi connectivity index (χ4v) is 1.79. The first-order valence-electron chi connectivity index (χ1n) is 4.39. The highest BCUT2D eigenvalue weighted by Gasteiger charge is 1.92. The minimum absolute atomic E-state index is 1.16. The number of nitrogens with zero attached hydrogens (tertiary/aromatic N) is 1. The van der Waals surface area contributed by atoms with E-state index in [2.05, 4.69) is 24.2 Å². The Balaban J connectivity index is 2.16. The van der Waals surface area contributed by atoms with Gasteiger partial charge in [0.1, 0.15) is 6.20 Å². The summed E-state index contributed by atoms with van der Waals surface area (Å²) in [7, 11) is 0. The van der Waals surface area contributed by atoms with Crippen LogP contribution in [-0.4, -0.2) is 10.7 Å². The maximum atomic E-state index is 3.94. The molecule has 0 amide bonds. The van der Waals surface area contributed by atoms with Crippen LogP contribution in [0.3, 0.4) is 0 Å². The number of rotatable bonds is 5. The third-order valence-corrected chi connectivity index (χ3v) is 2.62. The predicted molar refractivity (Wildman–Crippen MR) is 53.3 cm³/mol. The van der Waals surface area contributed by atoms with Crippen LogP contribution in [0.4, 0.5) is 0 Å². The van der Waals surface area contributed by atoms with Crippen molar-refractivity contribution in [2.24, 2.45) is 0 Å². The molecule has 0 unspecified atom stereocenters. The normalized spacial score (nSPS) is 10.1. The van der Waals surface area contributed by atoms with E-state index in [1.165, 1.54) is 25.0 Å². The van der Waals surface area contributed by atoms with E-state index in [1.807, 2.05) is 17.8 Å². The molecule has 1 aromatic heterocycles. The topological polar surface area (TPSA) is 12.9 Å². The molecule has 0 bridgehead atoms. The Morgan fingerprint density at radius 2 is 2.42 bits per heavy atom. The van der Waals surface area contributed by atoms with Gasteiger partial charge in [0, 0.05) is 11.1 Å². The van der Waals surface area contributed by atoms with Gasteiger partial charge < -0.3 is 0 Å². The van der Waals surface area contributed by atoms with Crippen molar-refractivity contribution < 1.29 is 0 Å². The first kappa shape index (κ1) is 9.59. The SMILES string of the molecule is CCCCCSc1[c]nccc1. The van der Waals surface area contributed by atoms with Crippen LogP contribution in [-0.2, 0) is 0 Å². The summed E-state index contributed by atoms with van der Waals surface area (Å²) in [5.74, 6) is 1.19. The van der Waals surface area contributed by atoms with E-state index in [0.29, 0.717) is 0 Å². The number of hydrogen-bond acceptors (Lipinski definition) is 2. The van der Waals surface area contributed by atoms with Crippen LogP contribution < -0.4 is 0 Å². The smallest absolute Gasteiger partial charge is 0.103 e. The molecule has 0 N–H and O–H groups in total. The molecule has 2 heteroatoms. The second-order valence-electron chi connectivity index (χ2n) is 2.67. The second-order valence-corrected chi connectivity index (χ2v) is 3.81. The summed E-state index contributed by atoms with van der Waals surface area (Å²) < 4.78 is 0. The molecule has 0 aliphatic rings. The lowest BCUT2D eigenvalue weighted by molar-refractivity contribution is 0.778. The van der Waals surface area contributed by atoms with E-state index in [-0.39, 0.29) is 0 Å². The maximum Gasteiger partial charge on any atom is 0.103 e. The number of hydrogen-bond donors (Lipinski definition) is 0. The van der Waals surface area contributed by atoms with Crippen molar-refractivity contribution in [3.05, 3.63) is 24.5 Å². The Labute approximate surface area is 78.6 Å². The van der Waals surface area contributed by atoms with E-state index in [0.717, 1.165) is 4.90 Å². The molecule has 12 heavy (non-hydrogen) atoms. The molecular formula is C10H14NS. The molecule has 1 aromatic rings. The van der Waals surface area contributed by atoms with Gasteiger partial charge in [-0.25, -0.2) is 0 Å². The lowest BCUT2D eigenvalue weighted by atomic mass is 10.3. The monoisotopic (exact) mass is 180 g/mol. The van der Waals surface area contributed by atoms with Crippen molar-refractivity contribution in [3.63, 3.8) is 0 Å². The largest absolute Gasteiger partial charge is 0.253 e. The Morgan fingerprint density at radius 3 is 3.08 bits per heavy atom. The lowest BCUT2D eigenvalue weighted by Gasteiger charge is -1.98. The van der Waals surface area contributed by atoms with Crippen molar-refractivity contribution in [3.8, 4) is 0 Å². The van der Waals surface area contributed by atoms with Gasteiger partial charge in [-0.05, 0) is 24.3 Å². The van der Waals surface area contributed by atoms with Crippen LogP contribution in [0.5, 0.6) is 0 Å². The van der Waals surface area contributed by atoms with Gasteiger partial charge in [-0.15, -0.1) is 11.8 Å². The van der Waals surface area contributed by atoms with Crippen molar-refractivity contribution in [1.82, 2.24) is 4.98 Å². The van der Waals surface area contributed by atoms with Crippen LogP contribution in [0.2, 0.25) is 0 Å². The van der Waals surface area contributed by atoms with Gasteiger partial charge >= 0.3 is 0 Å². The minimum Gasteiger partial charge on any atom is -0.253 e. The second kappa shape index (κ2) is 6.06. The van der Waals surface area contributed by atoms with Gasteiger partial charge in [0.15, 0.2) is 0 Å². The molecule has 0 saturated heterocycles. The van der Waals surface area contributed by atoms with E-state index < -0.39 is 0 Å². The van der Waals surface area contributed by atoms with E-state index in [9.17, 15) is 0 Å². The van der Waals surface area contributed by atoms with E-state index >= 15 is 0 Å². The van der Waals surface area contributed by atoms with Crippen LogP contribution in [0, 0.1) is 6.20 Å². The summed E-state index contributed by atoms with van der Waals surface area (Å²) in [4.78, 5) is 5.10. The van der Waals surface area contributed by atoms with Crippen LogP contribution >= 0.6 is 11.8 Å². The summed E-state index contributed by atoms with van der Waals surface area (Å²) in [6, 6.07) is 4.02. The van der Waals surface area contributed by atoms with Gasteiger partial charge in [-0.2, -0.15) is 0 Å². The standard InChI is InChI=1S/C10H14NS/c1-2-3-4-8-12-10-6-5-7-11-9-10/h5-7H,2-4,8H2,1H3. The van der Waals surface area contributed by atoms with Gasteiger partial charge in [-0.1, -0.05) is 19.8 Å². The fraction of sp³-hybridized carbons (Fsp3) is 0.500. The Hall–Kier alpha value is -0.500. The van der Waals surface area contributed by atoms with Crippen LogP contribution in [0.1, 0.15) is 26.2 Å². The maximum absolute atomic E-state index is 3.94. The van der Waals surface area contributed by atoms with Crippen molar-refractivity contribution in [2.45, 2.75) is 31.1 Å². The Bertz CT molecular complexity index is 198. The molecule has 1 rings (SSSR count). The van der Waals surface area contributed by atoms with Crippen LogP contribution in [0.15, 0.2) is 23.2 Å². The molecule has 0 aliphatic carbocycles. The zero-order valence-corrected chi connectivity index (χ0v) is 8.23. The summed E-state index contributed by atoms with van der Waals surface area (Å²) in [5.41, 5.74) is 0. The Morgan fingerprint density at radius 1 is 1.50 bits per heavy atom. The number of unbranched alkanes of at least 4 members (excludes halogenated alkanes) is 2. The molecular weight excluding hydrogens is 166 g/mol. The highest BCUT2D eigenvalue weighted by atomic mass is 32.2. The molecule has 0 saturated carbocycles. The fourth-order valence-electron chi connectivity index (χ4n) is 0.926. The third-order valence-electron chi connectivity index (χ3n) is 1.59. The van der Waals surface area contributed by atoms with Crippen molar-refractivity contribution in [2.75, 3.05) is 5.75 Å². The number of thioether (sulfide) groups is 1. The zero-order valence-electron chi connectivity index (χ0n) is 7.42. The number of pyridine rings is 1. The van der Waals surface area contributed by atoms with Gasteiger partial charge in [0.25, 0.3) is 0 Å². The highest BCUT2D eigenvalue weighted by Crippen LogP contribution is 2.16. The van der Waals surface area contributed by atoms with Gasteiger partial charge in [0.05, 0.1) is 0 Å². The summed E-state index contributed by atoms with van der Waals surface area (Å²) >= 11 is 1.84. The average Bonchev–Trinajstić information content (AvgIpc) is 2.14. The Kier molecular flexibility index (Phi) is 4.85. The molecule has 1 nitrogen and oxygen atoms in total. The quantitative estimate of drug-likeness (QED) is 0.510. The van der Waals surface area contributed by atoms with E-state index in [4.69, 9.17) is 0 Å². The van der Waals surface area contributed by atoms with Gasteiger partial charge in [-0.3, -0.25) is 4.98 Å². The first-order valence-corrected chi connectivity index (χ1v) is 5.37. The van der Waals surface area contributed by atoms with E-state index in [1.54, 1.807) is 6.20 Å².